The smallest absolute Gasteiger partial charge is 0.324 e. The molecule has 108 valence electrons. The minimum atomic E-state index is -4.17. The highest BCUT2D eigenvalue weighted by Gasteiger charge is 2.50. The van der Waals surface area contributed by atoms with Crippen molar-refractivity contribution in [2.45, 2.75) is 51.4 Å². The summed E-state index contributed by atoms with van der Waals surface area (Å²) in [6.07, 6.45) is 8.56. The molecule has 4 nitrogen and oxygen atoms in total. The van der Waals surface area contributed by atoms with Gasteiger partial charge in [-0.2, -0.15) is 0 Å². The van der Waals surface area contributed by atoms with Crippen LogP contribution < -0.4 is 0 Å². The zero-order valence-corrected chi connectivity index (χ0v) is 12.1. The van der Waals surface area contributed by atoms with Gasteiger partial charge >= 0.3 is 7.60 Å². The number of carbonyl (C=O) groups is 1. The third kappa shape index (κ3) is 3.12. The Morgan fingerprint density at radius 2 is 1.53 bits per heavy atom. The molecule has 0 aromatic carbocycles. The largest absolute Gasteiger partial charge is 0.332 e. The van der Waals surface area contributed by atoms with Crippen molar-refractivity contribution >= 4 is 13.4 Å². The van der Waals surface area contributed by atoms with E-state index < -0.39 is 13.8 Å². The zero-order chi connectivity index (χ0) is 13.7. The van der Waals surface area contributed by atoms with Crippen molar-refractivity contribution in [1.82, 2.24) is 0 Å². The molecule has 4 bridgehead atoms. The predicted octanol–water partition coefficient (Wildman–Crippen LogP) is 2.73. The maximum absolute atomic E-state index is 11.7. The quantitative estimate of drug-likeness (QED) is 0.762. The fraction of sp³-hybridized carbons (Fsp3) is 0.929. The molecular weight excluding hydrogens is 263 g/mol. The number of hydrogen-bond donors (Lipinski definition) is 2. The van der Waals surface area contributed by atoms with Gasteiger partial charge in [-0.3, -0.25) is 9.36 Å². The minimum Gasteiger partial charge on any atom is -0.324 e. The molecule has 4 aliphatic carbocycles. The van der Waals surface area contributed by atoms with Crippen LogP contribution in [0, 0.1) is 23.2 Å². The van der Waals surface area contributed by atoms with Gasteiger partial charge in [0.25, 0.3) is 0 Å². The van der Waals surface area contributed by atoms with E-state index in [4.69, 9.17) is 9.79 Å². The molecule has 2 N–H and O–H groups in total. The van der Waals surface area contributed by atoms with Crippen molar-refractivity contribution in [3.05, 3.63) is 0 Å². The van der Waals surface area contributed by atoms with Crippen LogP contribution in [0.5, 0.6) is 0 Å². The molecule has 4 saturated carbocycles. The van der Waals surface area contributed by atoms with Gasteiger partial charge in [0.2, 0.25) is 0 Å². The number of carbonyl (C=O) groups excluding carboxylic acids is 1. The van der Waals surface area contributed by atoms with Gasteiger partial charge in [0.05, 0.1) is 0 Å². The Kier molecular flexibility index (Phi) is 3.40. The standard InChI is InChI=1S/C14H23O4P/c15-13(9-19(16,17)18)1-2-14-6-10-3-11(7-14)5-12(4-10)8-14/h10-12H,1-9H2,(H2,16,17,18). The lowest BCUT2D eigenvalue weighted by molar-refractivity contribution is -0.119. The highest BCUT2D eigenvalue weighted by atomic mass is 31.2. The van der Waals surface area contributed by atoms with Crippen molar-refractivity contribution in [2.24, 2.45) is 23.2 Å². The minimum absolute atomic E-state index is 0.260. The van der Waals surface area contributed by atoms with E-state index in [1.54, 1.807) is 0 Å². The molecule has 0 aliphatic heterocycles. The molecule has 19 heavy (non-hydrogen) atoms. The SMILES string of the molecule is O=C(CCC12CC3CC(CC(C3)C1)C2)CP(=O)(O)O. The molecule has 4 rings (SSSR count). The summed E-state index contributed by atoms with van der Waals surface area (Å²) in [6, 6.07) is 0. The summed E-state index contributed by atoms with van der Waals surface area (Å²) >= 11 is 0. The number of ketones is 1. The molecule has 0 saturated heterocycles. The number of Topliss-reactive ketones (excluding diaryl/α,β-unsaturated/α-hetero) is 1. The fourth-order valence-electron chi connectivity index (χ4n) is 5.31. The average Bonchev–Trinajstić information content (AvgIpc) is 2.22. The highest BCUT2D eigenvalue weighted by Crippen LogP contribution is 2.61. The Bertz CT molecular complexity index is 390. The molecule has 0 unspecified atom stereocenters. The Morgan fingerprint density at radius 1 is 1.05 bits per heavy atom. The van der Waals surface area contributed by atoms with Gasteiger partial charge in [-0.15, -0.1) is 0 Å². The zero-order valence-electron chi connectivity index (χ0n) is 11.3. The molecule has 0 atom stereocenters. The first-order valence-electron chi connectivity index (χ1n) is 7.40. The van der Waals surface area contributed by atoms with Crippen LogP contribution in [0.3, 0.4) is 0 Å². The first kappa shape index (κ1) is 13.8. The molecule has 5 heteroatoms. The molecule has 0 heterocycles. The van der Waals surface area contributed by atoms with Crippen LogP contribution in [0.25, 0.3) is 0 Å². The van der Waals surface area contributed by atoms with E-state index in [2.05, 4.69) is 0 Å². The molecule has 0 spiro atoms. The van der Waals surface area contributed by atoms with Crippen LogP contribution in [-0.2, 0) is 9.36 Å². The molecule has 0 radical (unpaired) electrons. The van der Waals surface area contributed by atoms with Gasteiger partial charge in [-0.25, -0.2) is 0 Å². The second-order valence-corrected chi connectivity index (χ2v) is 8.92. The highest BCUT2D eigenvalue weighted by molar-refractivity contribution is 7.52. The predicted molar refractivity (Wildman–Crippen MR) is 71.8 cm³/mol. The van der Waals surface area contributed by atoms with Crippen molar-refractivity contribution < 1.29 is 19.1 Å². The summed E-state index contributed by atoms with van der Waals surface area (Å²) in [5, 5.41) is 0. The van der Waals surface area contributed by atoms with Crippen LogP contribution in [0.1, 0.15) is 51.4 Å². The van der Waals surface area contributed by atoms with Gasteiger partial charge in [-0.05, 0) is 68.1 Å². The van der Waals surface area contributed by atoms with Crippen molar-refractivity contribution in [1.29, 1.82) is 0 Å². The second kappa shape index (κ2) is 4.68. The van der Waals surface area contributed by atoms with Gasteiger partial charge in [-0.1, -0.05) is 0 Å². The monoisotopic (exact) mass is 286 g/mol. The molecular formula is C14H23O4P. The average molecular weight is 286 g/mol. The molecule has 0 aromatic heterocycles. The van der Waals surface area contributed by atoms with E-state index in [0.717, 1.165) is 24.2 Å². The van der Waals surface area contributed by atoms with E-state index in [9.17, 15) is 9.36 Å². The van der Waals surface area contributed by atoms with Gasteiger partial charge in [0, 0.05) is 6.42 Å². The Hall–Kier alpha value is -0.180. The first-order valence-corrected chi connectivity index (χ1v) is 9.20. The third-order valence-corrected chi connectivity index (χ3v) is 6.25. The van der Waals surface area contributed by atoms with Crippen LogP contribution in [0.15, 0.2) is 0 Å². The molecule has 0 aromatic rings. The van der Waals surface area contributed by atoms with Gasteiger partial charge in [0.15, 0.2) is 0 Å². The lowest BCUT2D eigenvalue weighted by Gasteiger charge is -2.57. The summed E-state index contributed by atoms with van der Waals surface area (Å²) in [4.78, 5) is 29.3. The first-order chi connectivity index (χ1) is 8.84. The Balaban J connectivity index is 1.58. The molecule has 0 amide bonds. The van der Waals surface area contributed by atoms with Crippen molar-refractivity contribution in [2.75, 3.05) is 6.16 Å². The maximum atomic E-state index is 11.7. The maximum Gasteiger partial charge on any atom is 0.332 e. The third-order valence-electron chi connectivity index (χ3n) is 5.48. The summed E-state index contributed by atoms with van der Waals surface area (Å²) in [5.41, 5.74) is 0.333. The Labute approximate surface area is 114 Å². The lowest BCUT2D eigenvalue weighted by Crippen LogP contribution is -2.46. The molecule has 4 fully saturated rings. The van der Waals surface area contributed by atoms with Gasteiger partial charge in [0.1, 0.15) is 11.9 Å². The van der Waals surface area contributed by atoms with Crippen molar-refractivity contribution in [3.63, 3.8) is 0 Å². The van der Waals surface area contributed by atoms with E-state index in [1.165, 1.54) is 38.5 Å². The van der Waals surface area contributed by atoms with Crippen LogP contribution in [-0.4, -0.2) is 21.7 Å². The summed E-state index contributed by atoms with van der Waals surface area (Å²) < 4.78 is 10.8. The van der Waals surface area contributed by atoms with E-state index in [-0.39, 0.29) is 5.78 Å². The number of rotatable bonds is 5. The van der Waals surface area contributed by atoms with E-state index >= 15 is 0 Å². The van der Waals surface area contributed by atoms with Crippen LogP contribution in [0.4, 0.5) is 0 Å². The van der Waals surface area contributed by atoms with E-state index in [1.807, 2.05) is 0 Å². The van der Waals surface area contributed by atoms with Crippen molar-refractivity contribution in [3.8, 4) is 0 Å². The summed E-state index contributed by atoms with van der Waals surface area (Å²) in [5.74, 6) is 2.33. The topological polar surface area (TPSA) is 74.6 Å². The van der Waals surface area contributed by atoms with Crippen LogP contribution >= 0.6 is 7.60 Å². The molecule has 4 aliphatic rings. The Morgan fingerprint density at radius 3 is 1.95 bits per heavy atom. The second-order valence-electron chi connectivity index (χ2n) is 7.28. The normalized spacial score (nSPS) is 40.6. The van der Waals surface area contributed by atoms with E-state index in [0.29, 0.717) is 11.8 Å². The summed E-state index contributed by atoms with van der Waals surface area (Å²) in [7, 11) is -4.17. The fourth-order valence-corrected chi connectivity index (χ4v) is 5.93. The number of hydrogen-bond acceptors (Lipinski definition) is 2. The lowest BCUT2D eigenvalue weighted by atomic mass is 9.48. The van der Waals surface area contributed by atoms with Crippen LogP contribution in [0.2, 0.25) is 0 Å². The summed E-state index contributed by atoms with van der Waals surface area (Å²) in [6.45, 7) is 0. The van der Waals surface area contributed by atoms with Gasteiger partial charge < -0.3 is 9.79 Å².